The average Bonchev–Trinajstić information content (AvgIpc) is 2.99. The van der Waals surface area contributed by atoms with E-state index < -0.39 is 0 Å². The Morgan fingerprint density at radius 2 is 2.29 bits per heavy atom. The Bertz CT molecular complexity index is 313. The molecule has 1 aliphatic carbocycles. The number of carbonyl (C=O) groups is 1. The summed E-state index contributed by atoms with van der Waals surface area (Å²) in [5, 5.41) is 7.85. The summed E-state index contributed by atoms with van der Waals surface area (Å²) >= 11 is 1.85. The third-order valence-corrected chi connectivity index (χ3v) is 4.24. The molecule has 0 spiro atoms. The van der Waals surface area contributed by atoms with Gasteiger partial charge in [-0.2, -0.15) is 0 Å². The topological polar surface area (TPSA) is 53.5 Å². The molecule has 1 saturated carbocycles. The van der Waals surface area contributed by atoms with Crippen molar-refractivity contribution in [2.75, 3.05) is 13.1 Å². The first-order chi connectivity index (χ1) is 8.15. The molecule has 0 saturated heterocycles. The Morgan fingerprint density at radius 1 is 1.53 bits per heavy atom. The molecule has 1 amide bonds. The van der Waals surface area contributed by atoms with Gasteiger partial charge in [0.1, 0.15) is 0 Å². The number of carbonyl (C=O) groups excluding carboxylic acids is 1. The van der Waals surface area contributed by atoms with Crippen molar-refractivity contribution in [3.63, 3.8) is 0 Å². The van der Waals surface area contributed by atoms with E-state index >= 15 is 0 Å². The van der Waals surface area contributed by atoms with Crippen LogP contribution >= 0.6 is 11.8 Å². The van der Waals surface area contributed by atoms with Gasteiger partial charge in [0.25, 0.3) is 0 Å². The largest absolute Gasteiger partial charge is 0.364 e. The molecule has 2 rings (SSSR count). The van der Waals surface area contributed by atoms with Crippen LogP contribution in [0.5, 0.6) is 0 Å². The van der Waals surface area contributed by atoms with Gasteiger partial charge in [-0.3, -0.25) is 9.79 Å². The zero-order valence-electron chi connectivity index (χ0n) is 10.5. The van der Waals surface area contributed by atoms with Crippen LogP contribution in [-0.4, -0.2) is 35.5 Å². The van der Waals surface area contributed by atoms with E-state index in [-0.39, 0.29) is 11.9 Å². The number of hydrogen-bond donors (Lipinski definition) is 2. The van der Waals surface area contributed by atoms with Crippen molar-refractivity contribution < 1.29 is 4.79 Å². The highest BCUT2D eigenvalue weighted by molar-refractivity contribution is 8.14. The lowest BCUT2D eigenvalue weighted by molar-refractivity contribution is -0.121. The van der Waals surface area contributed by atoms with E-state index in [9.17, 15) is 4.79 Å². The minimum Gasteiger partial charge on any atom is -0.364 e. The minimum atomic E-state index is 0.106. The van der Waals surface area contributed by atoms with Crippen LogP contribution in [-0.2, 0) is 4.79 Å². The summed E-state index contributed by atoms with van der Waals surface area (Å²) < 4.78 is 0. The summed E-state index contributed by atoms with van der Waals surface area (Å²) in [6, 6.07) is 0.222. The van der Waals surface area contributed by atoms with Gasteiger partial charge in [0.2, 0.25) is 5.91 Å². The number of amides is 1. The predicted octanol–water partition coefficient (Wildman–Crippen LogP) is 1.37. The molecule has 1 atom stereocenters. The zero-order valence-corrected chi connectivity index (χ0v) is 11.3. The number of hydrogen-bond acceptors (Lipinski definition) is 4. The number of nitrogens with zero attached hydrogens (tertiary/aromatic N) is 1. The second kappa shape index (κ2) is 5.76. The molecule has 5 heteroatoms. The molecule has 0 bridgehead atoms. The quantitative estimate of drug-likeness (QED) is 0.780. The van der Waals surface area contributed by atoms with E-state index in [0.717, 1.165) is 17.6 Å². The Labute approximate surface area is 107 Å². The highest BCUT2D eigenvalue weighted by atomic mass is 32.2. The van der Waals surface area contributed by atoms with Crippen LogP contribution in [0.4, 0.5) is 0 Å². The van der Waals surface area contributed by atoms with E-state index in [4.69, 9.17) is 0 Å². The van der Waals surface area contributed by atoms with Crippen molar-refractivity contribution in [1.82, 2.24) is 10.6 Å². The van der Waals surface area contributed by atoms with Gasteiger partial charge in [-0.25, -0.2) is 0 Å². The molecule has 1 heterocycles. The molecule has 0 aromatic carbocycles. The number of amidine groups is 1. The Hall–Kier alpha value is -0.710. The lowest BCUT2D eigenvalue weighted by atomic mass is 10.3. The second-order valence-electron chi connectivity index (χ2n) is 5.04. The normalized spacial score (nSPS) is 23.7. The standard InChI is InChI=1S/C12H21N3OS/c1-8(2)15-11(16)5-6-13-12-14-7-10(17-12)9-3-4-9/h8-10H,3-7H2,1-2H3,(H,13,14)(H,15,16). The van der Waals surface area contributed by atoms with Gasteiger partial charge < -0.3 is 10.6 Å². The van der Waals surface area contributed by atoms with E-state index in [1.807, 2.05) is 25.6 Å². The van der Waals surface area contributed by atoms with Crippen molar-refractivity contribution in [2.45, 2.75) is 44.4 Å². The van der Waals surface area contributed by atoms with Gasteiger partial charge in [0, 0.05) is 24.3 Å². The summed E-state index contributed by atoms with van der Waals surface area (Å²) in [5.74, 6) is 1.00. The highest BCUT2D eigenvalue weighted by Crippen LogP contribution is 2.41. The zero-order chi connectivity index (χ0) is 12.3. The average molecular weight is 255 g/mol. The van der Waals surface area contributed by atoms with E-state index in [1.165, 1.54) is 12.8 Å². The fourth-order valence-electron chi connectivity index (χ4n) is 1.88. The van der Waals surface area contributed by atoms with Gasteiger partial charge in [-0.15, -0.1) is 0 Å². The van der Waals surface area contributed by atoms with Gasteiger partial charge in [0.15, 0.2) is 5.17 Å². The Kier molecular flexibility index (Phi) is 4.31. The van der Waals surface area contributed by atoms with Crippen LogP contribution in [0.2, 0.25) is 0 Å². The smallest absolute Gasteiger partial charge is 0.221 e. The fourth-order valence-corrected chi connectivity index (χ4v) is 3.11. The molecule has 17 heavy (non-hydrogen) atoms. The van der Waals surface area contributed by atoms with E-state index in [0.29, 0.717) is 18.2 Å². The molecular formula is C12H21N3OS. The third-order valence-electron chi connectivity index (χ3n) is 2.90. The van der Waals surface area contributed by atoms with Crippen LogP contribution < -0.4 is 10.6 Å². The maximum atomic E-state index is 11.4. The molecule has 1 fully saturated rings. The number of thioether (sulfide) groups is 1. The Morgan fingerprint density at radius 3 is 2.94 bits per heavy atom. The molecule has 2 aliphatic rings. The van der Waals surface area contributed by atoms with Gasteiger partial charge >= 0.3 is 0 Å². The molecule has 0 aromatic heterocycles. The SMILES string of the molecule is CC(C)NC(=O)CCNC1=NCC(C2CC2)S1. The van der Waals surface area contributed by atoms with Gasteiger partial charge in [0.05, 0.1) is 6.54 Å². The lowest BCUT2D eigenvalue weighted by Gasteiger charge is -2.09. The van der Waals surface area contributed by atoms with Gasteiger partial charge in [-0.05, 0) is 32.6 Å². The summed E-state index contributed by atoms with van der Waals surface area (Å²) in [4.78, 5) is 15.9. The van der Waals surface area contributed by atoms with Crippen molar-refractivity contribution in [3.05, 3.63) is 0 Å². The van der Waals surface area contributed by atoms with Crippen LogP contribution in [0.15, 0.2) is 4.99 Å². The molecular weight excluding hydrogens is 234 g/mol. The van der Waals surface area contributed by atoms with Crippen LogP contribution in [0.1, 0.15) is 33.1 Å². The highest BCUT2D eigenvalue weighted by Gasteiger charge is 2.35. The van der Waals surface area contributed by atoms with Crippen molar-refractivity contribution >= 4 is 22.8 Å². The predicted molar refractivity (Wildman–Crippen MR) is 72.3 cm³/mol. The fraction of sp³-hybridized carbons (Fsp3) is 0.833. The molecule has 2 N–H and O–H groups in total. The molecule has 96 valence electrons. The maximum absolute atomic E-state index is 11.4. The van der Waals surface area contributed by atoms with Crippen LogP contribution in [0, 0.1) is 5.92 Å². The van der Waals surface area contributed by atoms with Crippen molar-refractivity contribution in [2.24, 2.45) is 10.9 Å². The molecule has 0 aromatic rings. The number of aliphatic imine (C=N–C) groups is 1. The van der Waals surface area contributed by atoms with Gasteiger partial charge in [-0.1, -0.05) is 11.8 Å². The first-order valence-electron chi connectivity index (χ1n) is 6.39. The number of rotatable bonds is 5. The lowest BCUT2D eigenvalue weighted by Crippen LogP contribution is -2.33. The molecule has 1 aliphatic heterocycles. The second-order valence-corrected chi connectivity index (χ2v) is 6.27. The summed E-state index contributed by atoms with van der Waals surface area (Å²) in [5.41, 5.74) is 0. The van der Waals surface area contributed by atoms with Crippen LogP contribution in [0.3, 0.4) is 0 Å². The van der Waals surface area contributed by atoms with Crippen molar-refractivity contribution in [3.8, 4) is 0 Å². The number of nitrogens with one attached hydrogen (secondary N) is 2. The summed E-state index contributed by atoms with van der Waals surface area (Å²) in [7, 11) is 0. The van der Waals surface area contributed by atoms with E-state index in [2.05, 4.69) is 15.6 Å². The van der Waals surface area contributed by atoms with Crippen LogP contribution in [0.25, 0.3) is 0 Å². The first-order valence-corrected chi connectivity index (χ1v) is 7.27. The Balaban J connectivity index is 1.58. The van der Waals surface area contributed by atoms with E-state index in [1.54, 1.807) is 0 Å². The maximum Gasteiger partial charge on any atom is 0.221 e. The summed E-state index contributed by atoms with van der Waals surface area (Å²) in [6.45, 7) is 5.59. The van der Waals surface area contributed by atoms with Crippen molar-refractivity contribution in [1.29, 1.82) is 0 Å². The first kappa shape index (κ1) is 12.7. The molecule has 4 nitrogen and oxygen atoms in total. The monoisotopic (exact) mass is 255 g/mol. The molecule has 1 unspecified atom stereocenters. The minimum absolute atomic E-state index is 0.106. The third kappa shape index (κ3) is 4.22. The molecule has 0 radical (unpaired) electrons. The summed E-state index contributed by atoms with van der Waals surface area (Å²) in [6.07, 6.45) is 3.26.